The van der Waals surface area contributed by atoms with Gasteiger partial charge in [0.15, 0.2) is 5.79 Å². The van der Waals surface area contributed by atoms with Crippen LogP contribution in [-0.2, 0) is 23.7 Å². The molecule has 3 aliphatic heterocycles. The predicted molar refractivity (Wildman–Crippen MR) is 137 cm³/mol. The highest BCUT2D eigenvalue weighted by Crippen LogP contribution is 2.34. The van der Waals surface area contributed by atoms with Crippen molar-refractivity contribution in [3.8, 4) is 0 Å². The van der Waals surface area contributed by atoms with Gasteiger partial charge in [0.05, 0.1) is 12.2 Å². The Morgan fingerprint density at radius 2 is 1.83 bits per heavy atom. The zero-order chi connectivity index (χ0) is 25.4. The van der Waals surface area contributed by atoms with Gasteiger partial charge in [0.1, 0.15) is 24.4 Å². The molecule has 3 aliphatic rings. The number of ether oxygens (including phenoxy) is 4. The lowest BCUT2D eigenvalue weighted by Crippen LogP contribution is -2.34. The van der Waals surface area contributed by atoms with Crippen LogP contribution in [0.25, 0.3) is 0 Å². The molecule has 0 aliphatic carbocycles. The molecule has 196 valence electrons. The van der Waals surface area contributed by atoms with Gasteiger partial charge < -0.3 is 24.1 Å². The molecule has 6 nitrogen and oxygen atoms in total. The van der Waals surface area contributed by atoms with Gasteiger partial charge in [-0.1, -0.05) is 69.4 Å². The Hall–Kier alpha value is -1.73. The summed E-state index contributed by atoms with van der Waals surface area (Å²) in [7, 11) is 0. The number of hydrogen-bond acceptors (Lipinski definition) is 6. The van der Waals surface area contributed by atoms with E-state index in [-0.39, 0.29) is 42.2 Å². The van der Waals surface area contributed by atoms with Crippen LogP contribution in [0.3, 0.4) is 0 Å². The van der Waals surface area contributed by atoms with Gasteiger partial charge in [0.25, 0.3) is 0 Å². The highest BCUT2D eigenvalue weighted by atomic mass is 16.7. The molecule has 35 heavy (non-hydrogen) atoms. The molecule has 0 aromatic carbocycles. The first-order valence-corrected chi connectivity index (χ1v) is 13.2. The summed E-state index contributed by atoms with van der Waals surface area (Å²) < 4.78 is 23.8. The van der Waals surface area contributed by atoms with Crippen LogP contribution >= 0.6 is 0 Å². The van der Waals surface area contributed by atoms with E-state index in [0.29, 0.717) is 19.3 Å². The quantitative estimate of drug-likeness (QED) is 0.293. The van der Waals surface area contributed by atoms with Crippen molar-refractivity contribution in [2.45, 2.75) is 116 Å². The number of aliphatic hydroxyl groups excluding tert-OH is 1. The zero-order valence-corrected chi connectivity index (χ0v) is 22.0. The largest absolute Gasteiger partial charge is 0.459 e. The van der Waals surface area contributed by atoms with Crippen molar-refractivity contribution in [2.24, 2.45) is 11.8 Å². The Morgan fingerprint density at radius 1 is 1.11 bits per heavy atom. The molecule has 0 spiro atoms. The number of aliphatic hydroxyl groups is 1. The highest BCUT2D eigenvalue weighted by Gasteiger charge is 2.43. The van der Waals surface area contributed by atoms with Crippen LogP contribution in [0.4, 0.5) is 0 Å². The van der Waals surface area contributed by atoms with Gasteiger partial charge in [-0.05, 0) is 51.4 Å². The molecule has 8 atom stereocenters. The van der Waals surface area contributed by atoms with E-state index in [1.54, 1.807) is 0 Å². The fourth-order valence-electron chi connectivity index (χ4n) is 4.66. The van der Waals surface area contributed by atoms with Gasteiger partial charge in [-0.15, -0.1) is 0 Å². The number of carbonyl (C=O) groups is 1. The number of epoxide rings is 1. The molecule has 0 bridgehead atoms. The molecule has 3 rings (SSSR count). The Labute approximate surface area is 211 Å². The first-order valence-electron chi connectivity index (χ1n) is 13.2. The summed E-state index contributed by atoms with van der Waals surface area (Å²) in [5, 5.41) is 11.0. The van der Waals surface area contributed by atoms with Crippen LogP contribution in [0.2, 0.25) is 0 Å². The second-order valence-corrected chi connectivity index (χ2v) is 10.6. The van der Waals surface area contributed by atoms with Crippen LogP contribution in [0.1, 0.15) is 73.1 Å². The molecule has 6 heteroatoms. The van der Waals surface area contributed by atoms with Crippen LogP contribution in [-0.4, -0.2) is 53.5 Å². The molecule has 0 radical (unpaired) electrons. The zero-order valence-electron chi connectivity index (χ0n) is 22.0. The standard InChI is InChI=1S/C29H44O6/c1-6-7-8-9-10-12-20(2)17-22(30)26-19-27-23(32-27)15-16-25-24(34-29(4,5)35-25)14-11-13-21(3)18-28(31)33-26/h7-8,10-12,14-16,20-27,30H,6,9,13,17-19H2,1-5H3/b8-7+,12-10+,14-11+,16-15+/t20-,21-,22-,23-,24-,25-,26-,27-/m0/s1. The van der Waals surface area contributed by atoms with Crippen molar-refractivity contribution in [3.63, 3.8) is 0 Å². The van der Waals surface area contributed by atoms with Gasteiger partial charge in [-0.2, -0.15) is 0 Å². The minimum absolute atomic E-state index is 0.0768. The molecule has 0 aromatic heterocycles. The fraction of sp³-hybridized carbons (Fsp3) is 0.690. The second-order valence-electron chi connectivity index (χ2n) is 10.6. The van der Waals surface area contributed by atoms with Crippen molar-refractivity contribution < 1.29 is 28.8 Å². The predicted octanol–water partition coefficient (Wildman–Crippen LogP) is 5.42. The summed E-state index contributed by atoms with van der Waals surface area (Å²) in [6.45, 7) is 10.1. The van der Waals surface area contributed by atoms with Gasteiger partial charge >= 0.3 is 5.97 Å². The van der Waals surface area contributed by atoms with Gasteiger partial charge in [0, 0.05) is 12.8 Å². The van der Waals surface area contributed by atoms with E-state index in [4.69, 9.17) is 18.9 Å². The summed E-state index contributed by atoms with van der Waals surface area (Å²) >= 11 is 0. The number of carbonyl (C=O) groups excluding carboxylic acids is 1. The summed E-state index contributed by atoms with van der Waals surface area (Å²) in [5.74, 6) is -0.629. The lowest BCUT2D eigenvalue weighted by atomic mass is 9.96. The van der Waals surface area contributed by atoms with Crippen molar-refractivity contribution in [1.82, 2.24) is 0 Å². The molecule has 1 N–H and O–H groups in total. The SMILES string of the molecule is CC/C=C/C/C=C/[C@H](C)C[C@H](O)[C@@H]1C[C@@H]2O[C@H]2/C=C/[C@@H]2OC(C)(C)O[C@H]2/C=C/C[C@H](C)CC(=O)O1. The number of fused-ring (bicyclic) bond motifs is 2. The summed E-state index contributed by atoms with van der Waals surface area (Å²) in [6.07, 6.45) is 18.7. The van der Waals surface area contributed by atoms with Crippen LogP contribution in [0, 0.1) is 11.8 Å². The summed E-state index contributed by atoms with van der Waals surface area (Å²) in [6, 6.07) is 0. The number of esters is 1. The van der Waals surface area contributed by atoms with E-state index in [2.05, 4.69) is 44.2 Å². The smallest absolute Gasteiger partial charge is 0.306 e. The van der Waals surface area contributed by atoms with Crippen molar-refractivity contribution in [1.29, 1.82) is 0 Å². The lowest BCUT2D eigenvalue weighted by Gasteiger charge is -2.25. The fourth-order valence-corrected chi connectivity index (χ4v) is 4.66. The number of allylic oxidation sites excluding steroid dienone is 5. The molecule has 3 heterocycles. The normalized spacial score (nSPS) is 37.0. The molecule has 2 fully saturated rings. The monoisotopic (exact) mass is 488 g/mol. The minimum Gasteiger partial charge on any atom is -0.459 e. The van der Waals surface area contributed by atoms with Crippen LogP contribution < -0.4 is 0 Å². The lowest BCUT2D eigenvalue weighted by molar-refractivity contribution is -0.157. The third-order valence-electron chi connectivity index (χ3n) is 6.58. The third-order valence-corrected chi connectivity index (χ3v) is 6.58. The summed E-state index contributed by atoms with van der Waals surface area (Å²) in [5.41, 5.74) is 0. The number of cyclic esters (lactones) is 1. The molecular weight excluding hydrogens is 444 g/mol. The van der Waals surface area contributed by atoms with E-state index < -0.39 is 18.0 Å². The number of rotatable bonds is 7. The Kier molecular flexibility index (Phi) is 10.3. The second kappa shape index (κ2) is 13.0. The summed E-state index contributed by atoms with van der Waals surface area (Å²) in [4.78, 5) is 12.7. The van der Waals surface area contributed by atoms with E-state index in [9.17, 15) is 9.90 Å². The van der Waals surface area contributed by atoms with E-state index in [1.165, 1.54) is 0 Å². The molecule has 0 saturated carbocycles. The Balaban J connectivity index is 1.65. The van der Waals surface area contributed by atoms with Gasteiger partial charge in [-0.25, -0.2) is 0 Å². The Bertz CT molecular complexity index is 797. The van der Waals surface area contributed by atoms with Gasteiger partial charge in [0.2, 0.25) is 0 Å². The van der Waals surface area contributed by atoms with E-state index in [1.807, 2.05) is 39.0 Å². The van der Waals surface area contributed by atoms with Crippen LogP contribution in [0.5, 0.6) is 0 Å². The molecule has 2 saturated heterocycles. The van der Waals surface area contributed by atoms with Crippen molar-refractivity contribution in [2.75, 3.05) is 0 Å². The Morgan fingerprint density at radius 3 is 2.57 bits per heavy atom. The van der Waals surface area contributed by atoms with E-state index in [0.717, 1.165) is 19.3 Å². The molecule has 0 aromatic rings. The average Bonchev–Trinajstić information content (AvgIpc) is 3.44. The molecule has 0 amide bonds. The van der Waals surface area contributed by atoms with Crippen molar-refractivity contribution in [3.05, 3.63) is 48.6 Å². The minimum atomic E-state index is -0.749. The average molecular weight is 489 g/mol. The maximum Gasteiger partial charge on any atom is 0.306 e. The van der Waals surface area contributed by atoms with Crippen LogP contribution in [0.15, 0.2) is 48.6 Å². The maximum atomic E-state index is 12.7. The molecular formula is C29H44O6. The number of hydrogen-bond donors (Lipinski definition) is 1. The van der Waals surface area contributed by atoms with E-state index >= 15 is 0 Å². The molecule has 0 unspecified atom stereocenters. The van der Waals surface area contributed by atoms with Crippen molar-refractivity contribution >= 4 is 5.97 Å². The maximum absolute atomic E-state index is 12.7. The first-order chi connectivity index (χ1) is 16.7. The highest BCUT2D eigenvalue weighted by molar-refractivity contribution is 5.70. The topological polar surface area (TPSA) is 77.5 Å². The third kappa shape index (κ3) is 9.34. The first kappa shape index (κ1) is 27.9. The van der Waals surface area contributed by atoms with Gasteiger partial charge in [-0.3, -0.25) is 4.79 Å².